The average Bonchev–Trinajstić information content (AvgIpc) is 2.95. The molecule has 5 nitrogen and oxygen atoms in total. The zero-order chi connectivity index (χ0) is 14.4. The summed E-state index contributed by atoms with van der Waals surface area (Å²) in [4.78, 5) is 4.59. The highest BCUT2D eigenvalue weighted by Gasteiger charge is 2.34. The zero-order valence-electron chi connectivity index (χ0n) is 12.6. The van der Waals surface area contributed by atoms with Gasteiger partial charge in [-0.15, -0.1) is 0 Å². The van der Waals surface area contributed by atoms with E-state index in [4.69, 9.17) is 9.26 Å². The van der Waals surface area contributed by atoms with Gasteiger partial charge in [0.2, 0.25) is 11.7 Å². The van der Waals surface area contributed by atoms with Crippen LogP contribution in [-0.2, 0) is 16.8 Å². The zero-order valence-corrected chi connectivity index (χ0v) is 13.5. The lowest BCUT2D eigenvalue weighted by molar-refractivity contribution is -0.0583. The minimum absolute atomic E-state index is 0.398. The van der Waals surface area contributed by atoms with Gasteiger partial charge < -0.3 is 14.6 Å². The summed E-state index contributed by atoms with van der Waals surface area (Å²) in [6.07, 6.45) is 2.51. The SMILES string of the molecule is CCOC(CC)(CC)c1noc(CC2CSCCN2)n1. The predicted molar refractivity (Wildman–Crippen MR) is 81.0 cm³/mol. The number of hydrogen-bond acceptors (Lipinski definition) is 6. The maximum atomic E-state index is 5.91. The van der Waals surface area contributed by atoms with Crippen molar-refractivity contribution in [2.75, 3.05) is 24.7 Å². The molecule has 2 rings (SSSR count). The van der Waals surface area contributed by atoms with E-state index in [0.717, 1.165) is 31.6 Å². The molecule has 0 radical (unpaired) electrons. The minimum atomic E-state index is -0.398. The molecular formula is C14H25N3O2S. The van der Waals surface area contributed by atoms with E-state index in [1.165, 1.54) is 5.75 Å². The summed E-state index contributed by atoms with van der Waals surface area (Å²) in [5.41, 5.74) is -0.398. The van der Waals surface area contributed by atoms with Crippen LogP contribution in [0.5, 0.6) is 0 Å². The molecule has 6 heteroatoms. The van der Waals surface area contributed by atoms with Crippen molar-refractivity contribution in [1.82, 2.24) is 15.5 Å². The van der Waals surface area contributed by atoms with Crippen LogP contribution in [0.4, 0.5) is 0 Å². The lowest BCUT2D eigenvalue weighted by Gasteiger charge is -2.27. The molecule has 1 N–H and O–H groups in total. The van der Waals surface area contributed by atoms with Crippen LogP contribution in [0.2, 0.25) is 0 Å². The fourth-order valence-electron chi connectivity index (χ4n) is 2.60. The Morgan fingerprint density at radius 3 is 2.80 bits per heavy atom. The van der Waals surface area contributed by atoms with Gasteiger partial charge in [-0.25, -0.2) is 0 Å². The molecule has 20 heavy (non-hydrogen) atoms. The molecule has 1 unspecified atom stereocenters. The number of nitrogens with zero attached hydrogens (tertiary/aromatic N) is 2. The molecule has 1 aromatic heterocycles. The topological polar surface area (TPSA) is 60.2 Å². The first-order valence-electron chi connectivity index (χ1n) is 7.52. The van der Waals surface area contributed by atoms with Gasteiger partial charge in [0, 0.05) is 37.1 Å². The Morgan fingerprint density at radius 1 is 1.40 bits per heavy atom. The van der Waals surface area contributed by atoms with E-state index in [2.05, 4.69) is 29.3 Å². The highest BCUT2D eigenvalue weighted by atomic mass is 32.2. The van der Waals surface area contributed by atoms with Crippen LogP contribution in [0.1, 0.15) is 45.3 Å². The first kappa shape index (κ1) is 15.8. The molecule has 1 saturated heterocycles. The molecule has 0 saturated carbocycles. The van der Waals surface area contributed by atoms with Crippen LogP contribution in [0.3, 0.4) is 0 Å². The molecule has 1 aliphatic heterocycles. The molecule has 0 aliphatic carbocycles. The molecule has 1 aliphatic rings. The van der Waals surface area contributed by atoms with Crippen LogP contribution >= 0.6 is 11.8 Å². The van der Waals surface area contributed by atoms with Crippen LogP contribution in [0.15, 0.2) is 4.52 Å². The van der Waals surface area contributed by atoms with Gasteiger partial charge in [-0.05, 0) is 19.8 Å². The van der Waals surface area contributed by atoms with Crippen molar-refractivity contribution in [3.8, 4) is 0 Å². The van der Waals surface area contributed by atoms with Crippen LogP contribution in [0, 0.1) is 0 Å². The second-order valence-electron chi connectivity index (χ2n) is 5.08. The van der Waals surface area contributed by atoms with Gasteiger partial charge in [0.1, 0.15) is 5.60 Å². The number of nitrogens with one attached hydrogen (secondary N) is 1. The van der Waals surface area contributed by atoms with Crippen molar-refractivity contribution < 1.29 is 9.26 Å². The van der Waals surface area contributed by atoms with Crippen molar-refractivity contribution in [2.45, 2.75) is 51.7 Å². The predicted octanol–water partition coefficient (Wildman–Crippen LogP) is 2.37. The normalized spacial score (nSPS) is 20.2. The minimum Gasteiger partial charge on any atom is -0.367 e. The van der Waals surface area contributed by atoms with Gasteiger partial charge in [-0.3, -0.25) is 0 Å². The molecule has 114 valence electrons. The second-order valence-corrected chi connectivity index (χ2v) is 6.23. The van der Waals surface area contributed by atoms with Gasteiger partial charge in [0.05, 0.1) is 0 Å². The van der Waals surface area contributed by atoms with Gasteiger partial charge in [0.15, 0.2) is 0 Å². The number of thioether (sulfide) groups is 1. The van der Waals surface area contributed by atoms with Crippen molar-refractivity contribution in [2.24, 2.45) is 0 Å². The third-order valence-corrected chi connectivity index (χ3v) is 4.99. The lowest BCUT2D eigenvalue weighted by atomic mass is 9.96. The molecule has 0 aromatic carbocycles. The fourth-order valence-corrected chi connectivity index (χ4v) is 3.54. The van der Waals surface area contributed by atoms with E-state index in [1.807, 2.05) is 18.7 Å². The smallest absolute Gasteiger partial charge is 0.228 e. The summed E-state index contributed by atoms with van der Waals surface area (Å²) < 4.78 is 11.3. The monoisotopic (exact) mass is 299 g/mol. The summed E-state index contributed by atoms with van der Waals surface area (Å²) in [6.45, 7) is 7.93. The van der Waals surface area contributed by atoms with Gasteiger partial charge >= 0.3 is 0 Å². The van der Waals surface area contributed by atoms with Crippen molar-refractivity contribution in [3.05, 3.63) is 11.7 Å². The molecule has 1 fully saturated rings. The Bertz CT molecular complexity index is 401. The van der Waals surface area contributed by atoms with E-state index < -0.39 is 5.60 Å². The first-order chi connectivity index (χ1) is 9.74. The third kappa shape index (κ3) is 3.54. The van der Waals surface area contributed by atoms with E-state index in [-0.39, 0.29) is 0 Å². The summed E-state index contributed by atoms with van der Waals surface area (Å²) in [5, 5.41) is 7.66. The molecule has 0 amide bonds. The number of ether oxygens (including phenoxy) is 1. The van der Waals surface area contributed by atoms with Gasteiger partial charge in [-0.1, -0.05) is 19.0 Å². The molecule has 0 bridgehead atoms. The first-order valence-corrected chi connectivity index (χ1v) is 8.67. The number of rotatable bonds is 7. The van der Waals surface area contributed by atoms with Gasteiger partial charge in [-0.2, -0.15) is 16.7 Å². The van der Waals surface area contributed by atoms with Crippen molar-refractivity contribution in [1.29, 1.82) is 0 Å². The molecular weight excluding hydrogens is 274 g/mol. The van der Waals surface area contributed by atoms with E-state index in [0.29, 0.717) is 24.4 Å². The fraction of sp³-hybridized carbons (Fsp3) is 0.857. The number of aromatic nitrogens is 2. The Hall–Kier alpha value is -0.590. The van der Waals surface area contributed by atoms with E-state index in [9.17, 15) is 0 Å². The second kappa shape index (κ2) is 7.43. The van der Waals surface area contributed by atoms with Crippen LogP contribution in [0.25, 0.3) is 0 Å². The van der Waals surface area contributed by atoms with Crippen LogP contribution < -0.4 is 5.32 Å². The maximum Gasteiger partial charge on any atom is 0.228 e. The third-order valence-electron chi connectivity index (χ3n) is 3.86. The highest BCUT2D eigenvalue weighted by molar-refractivity contribution is 7.99. The standard InChI is InChI=1S/C14H25N3O2S/c1-4-14(5-2,18-6-3)13-16-12(19-17-13)9-11-10-20-8-7-15-11/h11,15H,4-10H2,1-3H3. The summed E-state index contributed by atoms with van der Waals surface area (Å²) in [7, 11) is 0. The van der Waals surface area contributed by atoms with Gasteiger partial charge in [0.25, 0.3) is 0 Å². The number of hydrogen-bond donors (Lipinski definition) is 1. The Morgan fingerprint density at radius 2 is 2.20 bits per heavy atom. The summed E-state index contributed by atoms with van der Waals surface area (Å²) in [5.74, 6) is 3.70. The Kier molecular flexibility index (Phi) is 5.86. The summed E-state index contributed by atoms with van der Waals surface area (Å²) in [6, 6.07) is 0.437. The van der Waals surface area contributed by atoms with Crippen LogP contribution in [-0.4, -0.2) is 40.8 Å². The molecule has 0 spiro atoms. The summed E-state index contributed by atoms with van der Waals surface area (Å²) >= 11 is 1.97. The quantitative estimate of drug-likeness (QED) is 0.834. The maximum absolute atomic E-state index is 5.91. The molecule has 1 aromatic rings. The van der Waals surface area contributed by atoms with Crippen molar-refractivity contribution >= 4 is 11.8 Å². The molecule has 2 heterocycles. The van der Waals surface area contributed by atoms with E-state index >= 15 is 0 Å². The van der Waals surface area contributed by atoms with E-state index in [1.54, 1.807) is 0 Å². The molecule has 1 atom stereocenters. The lowest BCUT2D eigenvalue weighted by Crippen LogP contribution is -2.39. The Balaban J connectivity index is 2.06. The van der Waals surface area contributed by atoms with Crippen molar-refractivity contribution in [3.63, 3.8) is 0 Å². The average molecular weight is 299 g/mol. The Labute approximate surface area is 125 Å². The largest absolute Gasteiger partial charge is 0.367 e. The highest BCUT2D eigenvalue weighted by Crippen LogP contribution is 2.31.